The van der Waals surface area contributed by atoms with E-state index in [0.29, 0.717) is 18.8 Å². The first-order valence-corrected chi connectivity index (χ1v) is 13.5. The van der Waals surface area contributed by atoms with Crippen molar-refractivity contribution >= 4 is 40.7 Å². The van der Waals surface area contributed by atoms with Crippen LogP contribution in [0.3, 0.4) is 0 Å². The zero-order valence-electron chi connectivity index (χ0n) is 21.2. The van der Waals surface area contributed by atoms with Gasteiger partial charge in [-0.1, -0.05) is 45.0 Å². The van der Waals surface area contributed by atoms with Gasteiger partial charge < -0.3 is 20.6 Å². The van der Waals surface area contributed by atoms with Crippen LogP contribution >= 0.6 is 22.9 Å². The molecule has 3 amide bonds. The second-order valence-corrected chi connectivity index (χ2v) is 11.5. The van der Waals surface area contributed by atoms with Gasteiger partial charge in [0.05, 0.1) is 22.2 Å². The van der Waals surface area contributed by atoms with Crippen molar-refractivity contribution in [1.29, 1.82) is 0 Å². The molecule has 36 heavy (non-hydrogen) atoms. The summed E-state index contributed by atoms with van der Waals surface area (Å²) >= 11 is 7.27. The van der Waals surface area contributed by atoms with Gasteiger partial charge in [0, 0.05) is 31.8 Å². The maximum absolute atomic E-state index is 13.5. The number of hydrogen-bond acceptors (Lipinski definition) is 6. The van der Waals surface area contributed by atoms with Gasteiger partial charge in [-0.25, -0.2) is 4.98 Å². The van der Waals surface area contributed by atoms with E-state index in [1.165, 1.54) is 4.90 Å². The number of benzene rings is 1. The number of thiazole rings is 1. The zero-order chi connectivity index (χ0) is 26.5. The third-order valence-corrected chi connectivity index (χ3v) is 7.49. The summed E-state index contributed by atoms with van der Waals surface area (Å²) in [5, 5.41) is 16.0. The highest BCUT2D eigenvalue weighted by atomic mass is 35.5. The fourth-order valence-electron chi connectivity index (χ4n) is 4.24. The molecular formula is C26H35ClN4O4S. The van der Waals surface area contributed by atoms with E-state index in [1.807, 2.05) is 57.5 Å². The first kappa shape index (κ1) is 28.1. The molecule has 2 aromatic rings. The topological polar surface area (TPSA) is 112 Å². The molecule has 0 spiro atoms. The van der Waals surface area contributed by atoms with E-state index in [-0.39, 0.29) is 37.1 Å². The van der Waals surface area contributed by atoms with E-state index in [9.17, 15) is 19.5 Å². The number of aliphatic hydroxyl groups is 1. The first-order chi connectivity index (χ1) is 17.0. The molecule has 196 valence electrons. The Bertz CT molecular complexity index is 1070. The van der Waals surface area contributed by atoms with E-state index in [2.05, 4.69) is 15.6 Å². The SMILES string of the molecule is Cc1ncsc1-c1ccc(CNC(=O)C2CC(O)CN2C(=O)C(NC(=O)CCCCl)C(C)(C)C)cc1. The number of likely N-dealkylation sites (tertiary alicyclic amines) is 1. The summed E-state index contributed by atoms with van der Waals surface area (Å²) in [7, 11) is 0. The van der Waals surface area contributed by atoms with E-state index < -0.39 is 23.6 Å². The molecule has 1 aromatic carbocycles. The molecule has 1 saturated heterocycles. The molecule has 3 rings (SSSR count). The summed E-state index contributed by atoms with van der Waals surface area (Å²) in [6.45, 7) is 7.89. The van der Waals surface area contributed by atoms with Crippen molar-refractivity contribution in [2.75, 3.05) is 12.4 Å². The number of hydrogen-bond donors (Lipinski definition) is 3. The molecule has 2 heterocycles. The number of carbonyl (C=O) groups is 3. The molecule has 3 atom stereocenters. The van der Waals surface area contributed by atoms with Crippen LogP contribution in [-0.4, -0.2) is 63.3 Å². The van der Waals surface area contributed by atoms with E-state index in [4.69, 9.17) is 11.6 Å². The number of aliphatic hydroxyl groups excluding tert-OH is 1. The molecule has 1 aliphatic heterocycles. The highest BCUT2D eigenvalue weighted by Crippen LogP contribution is 2.28. The Labute approximate surface area is 221 Å². The van der Waals surface area contributed by atoms with E-state index in [1.54, 1.807) is 11.3 Å². The Hall–Kier alpha value is -2.49. The van der Waals surface area contributed by atoms with Gasteiger partial charge in [0.1, 0.15) is 12.1 Å². The van der Waals surface area contributed by atoms with Gasteiger partial charge in [0.2, 0.25) is 17.7 Å². The molecule has 1 aromatic heterocycles. The van der Waals surface area contributed by atoms with Gasteiger partial charge in [-0.3, -0.25) is 14.4 Å². The second kappa shape index (κ2) is 12.2. The average molecular weight is 535 g/mol. The van der Waals surface area contributed by atoms with E-state index in [0.717, 1.165) is 21.7 Å². The number of nitrogens with zero attached hydrogens (tertiary/aromatic N) is 2. The van der Waals surface area contributed by atoms with Gasteiger partial charge in [0.15, 0.2) is 0 Å². The Morgan fingerprint density at radius 3 is 2.53 bits per heavy atom. The van der Waals surface area contributed by atoms with Gasteiger partial charge in [-0.2, -0.15) is 0 Å². The first-order valence-electron chi connectivity index (χ1n) is 12.1. The van der Waals surface area contributed by atoms with Crippen LogP contribution in [0.2, 0.25) is 0 Å². The lowest BCUT2D eigenvalue weighted by atomic mass is 9.85. The Morgan fingerprint density at radius 1 is 1.25 bits per heavy atom. The van der Waals surface area contributed by atoms with Crippen LogP contribution in [0.25, 0.3) is 10.4 Å². The Balaban J connectivity index is 1.66. The summed E-state index contributed by atoms with van der Waals surface area (Å²) in [4.78, 5) is 45.7. The standard InChI is InChI=1S/C26H35ClN4O4S/c1-16-22(36-15-29-16)18-9-7-17(8-10-18)13-28-24(34)20-12-19(32)14-31(20)25(35)23(26(2,3)4)30-21(33)6-5-11-27/h7-10,15,19-20,23,32H,5-6,11-14H2,1-4H3,(H,28,34)(H,30,33). The highest BCUT2D eigenvalue weighted by Gasteiger charge is 2.44. The van der Waals surface area contributed by atoms with Crippen LogP contribution in [0, 0.1) is 12.3 Å². The van der Waals surface area contributed by atoms with Crippen LogP contribution in [0.5, 0.6) is 0 Å². The predicted molar refractivity (Wildman–Crippen MR) is 142 cm³/mol. The normalized spacial score (nSPS) is 18.7. The van der Waals surface area contributed by atoms with Crippen molar-refractivity contribution in [2.45, 2.75) is 71.7 Å². The lowest BCUT2D eigenvalue weighted by Crippen LogP contribution is -2.57. The minimum absolute atomic E-state index is 0.0456. The maximum atomic E-state index is 13.5. The smallest absolute Gasteiger partial charge is 0.246 e. The van der Waals surface area contributed by atoms with Crippen molar-refractivity contribution in [3.05, 3.63) is 41.0 Å². The van der Waals surface area contributed by atoms with Crippen molar-refractivity contribution in [3.8, 4) is 10.4 Å². The molecule has 8 nitrogen and oxygen atoms in total. The zero-order valence-corrected chi connectivity index (χ0v) is 22.8. The minimum atomic E-state index is -0.830. The predicted octanol–water partition coefficient (Wildman–Crippen LogP) is 3.25. The molecule has 0 saturated carbocycles. The Morgan fingerprint density at radius 2 is 1.94 bits per heavy atom. The molecular weight excluding hydrogens is 500 g/mol. The number of aromatic nitrogens is 1. The van der Waals surface area contributed by atoms with Crippen LogP contribution < -0.4 is 10.6 Å². The van der Waals surface area contributed by atoms with Crippen molar-refractivity contribution in [3.63, 3.8) is 0 Å². The second-order valence-electron chi connectivity index (χ2n) is 10.2. The minimum Gasteiger partial charge on any atom is -0.391 e. The maximum Gasteiger partial charge on any atom is 0.246 e. The third-order valence-electron chi connectivity index (χ3n) is 6.25. The molecule has 0 aliphatic carbocycles. The summed E-state index contributed by atoms with van der Waals surface area (Å²) in [6, 6.07) is 6.26. The van der Waals surface area contributed by atoms with Gasteiger partial charge in [-0.15, -0.1) is 22.9 Å². The number of nitrogens with one attached hydrogen (secondary N) is 2. The third kappa shape index (κ3) is 7.05. The lowest BCUT2D eigenvalue weighted by molar-refractivity contribution is -0.144. The highest BCUT2D eigenvalue weighted by molar-refractivity contribution is 7.13. The number of β-amino-alcohol motifs (C(OH)–C–C–N with tert-alkyl or cyclic N) is 1. The number of rotatable bonds is 9. The van der Waals surface area contributed by atoms with Crippen LogP contribution in [0.1, 0.15) is 51.3 Å². The summed E-state index contributed by atoms with van der Waals surface area (Å²) in [5.74, 6) is -0.608. The van der Waals surface area contributed by atoms with Crippen molar-refractivity contribution < 1.29 is 19.5 Å². The molecule has 1 aliphatic rings. The number of aryl methyl sites for hydroxylation is 1. The summed E-state index contributed by atoms with van der Waals surface area (Å²) in [6.07, 6.45) is 0.0748. The van der Waals surface area contributed by atoms with Crippen LogP contribution in [0.15, 0.2) is 29.8 Å². The summed E-state index contributed by atoms with van der Waals surface area (Å²) < 4.78 is 0. The number of alkyl halides is 1. The summed E-state index contributed by atoms with van der Waals surface area (Å²) in [5.41, 5.74) is 4.21. The van der Waals surface area contributed by atoms with Crippen LogP contribution in [0.4, 0.5) is 0 Å². The number of halogens is 1. The van der Waals surface area contributed by atoms with E-state index >= 15 is 0 Å². The van der Waals surface area contributed by atoms with Crippen LogP contribution in [-0.2, 0) is 20.9 Å². The number of carbonyl (C=O) groups excluding carboxylic acids is 3. The van der Waals surface area contributed by atoms with Crippen molar-refractivity contribution in [1.82, 2.24) is 20.5 Å². The molecule has 3 N–H and O–H groups in total. The molecule has 0 bridgehead atoms. The fraction of sp³-hybridized carbons (Fsp3) is 0.538. The lowest BCUT2D eigenvalue weighted by Gasteiger charge is -2.35. The molecule has 0 radical (unpaired) electrons. The van der Waals surface area contributed by atoms with Gasteiger partial charge >= 0.3 is 0 Å². The monoisotopic (exact) mass is 534 g/mol. The van der Waals surface area contributed by atoms with Crippen molar-refractivity contribution in [2.24, 2.45) is 5.41 Å². The quantitative estimate of drug-likeness (QED) is 0.428. The van der Waals surface area contributed by atoms with Gasteiger partial charge in [-0.05, 0) is 29.9 Å². The molecule has 1 fully saturated rings. The average Bonchev–Trinajstić information content (AvgIpc) is 3.44. The largest absolute Gasteiger partial charge is 0.391 e. The molecule has 10 heteroatoms. The number of amides is 3. The molecule has 3 unspecified atom stereocenters. The Kier molecular flexibility index (Phi) is 9.49. The fourth-order valence-corrected chi connectivity index (χ4v) is 5.19. The van der Waals surface area contributed by atoms with Gasteiger partial charge in [0.25, 0.3) is 0 Å².